The number of nitrogens with zero attached hydrogens (tertiary/aromatic N) is 5. The quantitative estimate of drug-likeness (QED) is 0.295. The molecule has 1 aromatic carbocycles. The van der Waals surface area contributed by atoms with Crippen LogP contribution in [0.4, 0.5) is 16.0 Å². The van der Waals surface area contributed by atoms with Gasteiger partial charge in [-0.15, -0.1) is 0 Å². The minimum atomic E-state index is -3.60. The third kappa shape index (κ3) is 7.45. The van der Waals surface area contributed by atoms with Crippen molar-refractivity contribution in [3.63, 3.8) is 0 Å². The van der Waals surface area contributed by atoms with Gasteiger partial charge in [0, 0.05) is 43.2 Å². The molecule has 0 atom stereocenters. The van der Waals surface area contributed by atoms with Crippen molar-refractivity contribution in [1.82, 2.24) is 19.9 Å². The van der Waals surface area contributed by atoms with Gasteiger partial charge in [-0.1, -0.05) is 0 Å². The molecule has 0 bridgehead atoms. The zero-order valence-electron chi connectivity index (χ0n) is 25.4. The molecule has 0 radical (unpaired) electrons. The molecule has 14 heteroatoms. The summed E-state index contributed by atoms with van der Waals surface area (Å²) in [5.74, 6) is -0.0684. The number of aromatic nitrogens is 3. The lowest BCUT2D eigenvalue weighted by Crippen LogP contribution is -2.37. The number of anilines is 2. The van der Waals surface area contributed by atoms with Crippen molar-refractivity contribution in [1.29, 1.82) is 0 Å². The lowest BCUT2D eigenvalue weighted by Gasteiger charge is -2.32. The molecule has 3 fully saturated rings. The highest BCUT2D eigenvalue weighted by molar-refractivity contribution is 7.93. The molecule has 2 aromatic heterocycles. The van der Waals surface area contributed by atoms with Crippen molar-refractivity contribution in [2.24, 2.45) is 5.92 Å². The van der Waals surface area contributed by atoms with Gasteiger partial charge in [-0.2, -0.15) is 0 Å². The molecule has 0 unspecified atom stereocenters. The second-order valence-electron chi connectivity index (χ2n) is 12.1. The fourth-order valence-electron chi connectivity index (χ4n) is 6.15. The van der Waals surface area contributed by atoms with Crippen LogP contribution in [0.3, 0.4) is 0 Å². The topological polar surface area (TPSA) is 147 Å². The number of carboxylic acid groups (broad SMARTS) is 1. The molecule has 2 aliphatic heterocycles. The van der Waals surface area contributed by atoms with Crippen LogP contribution >= 0.6 is 0 Å². The number of aliphatic carboxylic acids is 1. The Labute approximate surface area is 262 Å². The number of carboxylic acids is 1. The standard InChI is InChI=1S/C31H39FN6O6S/c1-43-30-26(36-45(41,42)24-5-6-24)16-21(18-33-30)28-25-17-23(32)15-22(29(25)35-31(34-28)38-11-13-44-14-12-38)19-37-9-7-20(8-10-37)3-2-4-27(39)40/h15-18,20,24,36H,2-14,19H2,1H3,(H,39,40). The largest absolute Gasteiger partial charge is 0.481 e. The number of sulfonamides is 1. The van der Waals surface area contributed by atoms with Crippen LogP contribution < -0.4 is 14.4 Å². The van der Waals surface area contributed by atoms with E-state index in [1.807, 2.05) is 4.90 Å². The van der Waals surface area contributed by atoms with E-state index in [0.29, 0.717) is 86.1 Å². The zero-order chi connectivity index (χ0) is 31.6. The number of nitrogens with one attached hydrogen (secondary N) is 1. The molecule has 45 heavy (non-hydrogen) atoms. The number of likely N-dealkylation sites (tertiary alicyclic amines) is 1. The zero-order valence-corrected chi connectivity index (χ0v) is 26.2. The maximum Gasteiger partial charge on any atom is 0.303 e. The van der Waals surface area contributed by atoms with Crippen molar-refractivity contribution in [3.05, 3.63) is 35.8 Å². The van der Waals surface area contributed by atoms with Crippen molar-refractivity contribution >= 4 is 38.5 Å². The maximum atomic E-state index is 15.3. The van der Waals surface area contributed by atoms with Crippen molar-refractivity contribution in [2.45, 2.75) is 56.7 Å². The number of morpholine rings is 1. The maximum absolute atomic E-state index is 15.3. The van der Waals surface area contributed by atoms with E-state index in [9.17, 15) is 13.2 Å². The van der Waals surface area contributed by atoms with Gasteiger partial charge in [0.25, 0.3) is 0 Å². The number of carbonyl (C=O) groups is 1. The highest BCUT2D eigenvalue weighted by Gasteiger charge is 2.36. The number of pyridine rings is 1. The van der Waals surface area contributed by atoms with E-state index in [-0.39, 0.29) is 18.0 Å². The van der Waals surface area contributed by atoms with E-state index in [2.05, 4.69) is 14.6 Å². The Hall–Kier alpha value is -3.62. The van der Waals surface area contributed by atoms with Crippen LogP contribution in [0.25, 0.3) is 22.2 Å². The van der Waals surface area contributed by atoms with E-state index in [1.54, 1.807) is 12.3 Å². The SMILES string of the molecule is COc1ncc(-c2nc(N3CCOCC3)nc3c(CN4CCC(CCCC(=O)O)CC4)cc(F)cc23)cc1NS(=O)(=O)C1CC1. The van der Waals surface area contributed by atoms with Crippen molar-refractivity contribution in [3.8, 4) is 17.1 Å². The molecule has 3 aliphatic rings. The van der Waals surface area contributed by atoms with Gasteiger partial charge >= 0.3 is 5.97 Å². The highest BCUT2D eigenvalue weighted by Crippen LogP contribution is 2.37. The summed E-state index contributed by atoms with van der Waals surface area (Å²) in [4.78, 5) is 29.5. The smallest absolute Gasteiger partial charge is 0.303 e. The molecule has 1 saturated carbocycles. The Kier molecular flexibility index (Phi) is 9.33. The minimum absolute atomic E-state index is 0.132. The molecule has 6 rings (SSSR count). The monoisotopic (exact) mass is 642 g/mol. The van der Waals surface area contributed by atoms with Crippen LogP contribution in [0.1, 0.15) is 50.5 Å². The number of methoxy groups -OCH3 is 1. The Bertz CT molecular complexity index is 1660. The third-order valence-corrected chi connectivity index (χ3v) is 10.6. The first-order valence-corrected chi connectivity index (χ1v) is 17.1. The Morgan fingerprint density at radius 2 is 1.87 bits per heavy atom. The molecule has 0 amide bonds. The van der Waals surface area contributed by atoms with Crippen LogP contribution in [-0.2, 0) is 26.1 Å². The van der Waals surface area contributed by atoms with Crippen molar-refractivity contribution < 1.29 is 32.2 Å². The van der Waals surface area contributed by atoms with E-state index in [1.165, 1.54) is 19.2 Å². The molecular formula is C31H39FN6O6S. The average Bonchev–Trinajstić information content (AvgIpc) is 3.89. The van der Waals surface area contributed by atoms with Gasteiger partial charge in [0.05, 0.1) is 36.8 Å². The van der Waals surface area contributed by atoms with E-state index >= 15 is 4.39 Å². The third-order valence-electron chi connectivity index (χ3n) is 8.76. The Balaban J connectivity index is 1.35. The molecule has 0 spiro atoms. The second kappa shape index (κ2) is 13.4. The highest BCUT2D eigenvalue weighted by atomic mass is 32.2. The van der Waals surface area contributed by atoms with E-state index in [0.717, 1.165) is 37.9 Å². The predicted molar refractivity (Wildman–Crippen MR) is 167 cm³/mol. The first-order valence-electron chi connectivity index (χ1n) is 15.5. The summed E-state index contributed by atoms with van der Waals surface area (Å²) in [5.41, 5.74) is 2.52. The summed E-state index contributed by atoms with van der Waals surface area (Å²) in [6, 6.07) is 4.59. The molecule has 4 heterocycles. The Morgan fingerprint density at radius 3 is 2.56 bits per heavy atom. The normalized spacial score (nSPS) is 18.3. The van der Waals surface area contributed by atoms with E-state index < -0.39 is 27.1 Å². The first-order chi connectivity index (χ1) is 21.7. The number of halogens is 1. The van der Waals surface area contributed by atoms with Gasteiger partial charge in [0.1, 0.15) is 11.5 Å². The Morgan fingerprint density at radius 1 is 1.11 bits per heavy atom. The van der Waals surface area contributed by atoms with Crippen LogP contribution in [0.5, 0.6) is 5.88 Å². The first kappa shape index (κ1) is 31.4. The summed E-state index contributed by atoms with van der Waals surface area (Å²) < 4.78 is 54.5. The summed E-state index contributed by atoms with van der Waals surface area (Å²) in [5, 5.41) is 9.03. The van der Waals surface area contributed by atoms with Gasteiger partial charge in [0.15, 0.2) is 0 Å². The summed E-state index contributed by atoms with van der Waals surface area (Å²) in [7, 11) is -2.17. The van der Waals surface area contributed by atoms with Crippen molar-refractivity contribution in [2.75, 3.05) is 56.1 Å². The van der Waals surface area contributed by atoms with Crippen LogP contribution in [0.2, 0.25) is 0 Å². The van der Waals surface area contributed by atoms with Crippen LogP contribution in [0.15, 0.2) is 24.4 Å². The molecular weight excluding hydrogens is 603 g/mol. The number of hydrogen-bond acceptors (Lipinski definition) is 10. The number of hydrogen-bond donors (Lipinski definition) is 2. The number of ether oxygens (including phenoxy) is 2. The minimum Gasteiger partial charge on any atom is -0.481 e. The lowest BCUT2D eigenvalue weighted by atomic mass is 9.91. The molecule has 1 aliphatic carbocycles. The average molecular weight is 643 g/mol. The number of rotatable bonds is 12. The number of piperidine rings is 1. The molecule has 2 saturated heterocycles. The van der Waals surface area contributed by atoms with Gasteiger partial charge in [0.2, 0.25) is 21.9 Å². The molecule has 12 nitrogen and oxygen atoms in total. The second-order valence-corrected chi connectivity index (χ2v) is 14.0. The lowest BCUT2D eigenvalue weighted by molar-refractivity contribution is -0.137. The predicted octanol–water partition coefficient (Wildman–Crippen LogP) is 4.05. The fraction of sp³-hybridized carbons (Fsp3) is 0.548. The molecule has 2 N–H and O–H groups in total. The summed E-state index contributed by atoms with van der Waals surface area (Å²) >= 11 is 0. The molecule has 242 valence electrons. The molecule has 3 aromatic rings. The number of benzene rings is 1. The van der Waals surface area contributed by atoms with Gasteiger partial charge in [-0.3, -0.25) is 14.4 Å². The fourth-order valence-corrected chi connectivity index (χ4v) is 7.52. The van der Waals surface area contributed by atoms with Crippen LogP contribution in [-0.4, -0.2) is 91.1 Å². The summed E-state index contributed by atoms with van der Waals surface area (Å²) in [6.45, 7) is 4.43. The van der Waals surface area contributed by atoms with Gasteiger partial charge in [-0.05, 0) is 81.3 Å². The number of fused-ring (bicyclic) bond motifs is 1. The summed E-state index contributed by atoms with van der Waals surface area (Å²) in [6.07, 6.45) is 6.47. The van der Waals surface area contributed by atoms with E-state index in [4.69, 9.17) is 24.5 Å². The van der Waals surface area contributed by atoms with Crippen LogP contribution in [0, 0.1) is 11.7 Å². The van der Waals surface area contributed by atoms with Gasteiger partial charge < -0.3 is 19.5 Å². The van der Waals surface area contributed by atoms with Gasteiger partial charge in [-0.25, -0.2) is 27.8 Å².